The predicted molar refractivity (Wildman–Crippen MR) is 16.6 cm³/mol. The molecule has 0 aromatic carbocycles. The maximum atomic E-state index is 7.32. The molecule has 0 spiro atoms. The van der Waals surface area contributed by atoms with Crippen molar-refractivity contribution in [2.75, 3.05) is 0 Å². The molecule has 0 aliphatic rings. The third-order valence-electron chi connectivity index (χ3n) is 0. The molecule has 0 aliphatic carbocycles. The first-order valence-corrected chi connectivity index (χ1v) is 0.724. The Hall–Kier alpha value is 0.450. The van der Waals surface area contributed by atoms with Crippen molar-refractivity contribution in [3.63, 3.8) is 0 Å². The van der Waals surface area contributed by atoms with Gasteiger partial charge in [-0.05, 0) is 0 Å². The van der Waals surface area contributed by atoms with Gasteiger partial charge in [0.1, 0.15) is 0 Å². The summed E-state index contributed by atoms with van der Waals surface area (Å²) in [6.07, 6.45) is 0. The van der Waals surface area contributed by atoms with E-state index < -0.39 is 0 Å². The summed E-state index contributed by atoms with van der Waals surface area (Å²) < 4.78 is 0. The standard InChI is InChI=1S/C2H3N.H2N.Na/c1-2-3;;/h1H3;1H2;/q;-1;+1. The van der Waals surface area contributed by atoms with Gasteiger partial charge in [-0.25, -0.2) is 0 Å². The van der Waals surface area contributed by atoms with E-state index >= 15 is 0 Å². The van der Waals surface area contributed by atoms with Crippen LogP contribution in [0.5, 0.6) is 0 Å². The Kier molecular flexibility index (Phi) is 90.6. The molecule has 0 saturated heterocycles. The van der Waals surface area contributed by atoms with Crippen LogP contribution >= 0.6 is 0 Å². The Bertz CT molecular complexity index is 29.1. The average molecular weight is 80.1 g/mol. The molecule has 0 rings (SSSR count). The molecule has 0 unspecified atom stereocenters. The second-order valence-electron chi connectivity index (χ2n) is 0.224. The quantitative estimate of drug-likeness (QED) is 0.318. The molecular weight excluding hydrogens is 75.0 g/mol. The Morgan fingerprint density at radius 1 is 1.60 bits per heavy atom. The van der Waals surface area contributed by atoms with Crippen molar-refractivity contribution in [2.24, 2.45) is 0 Å². The van der Waals surface area contributed by atoms with Crippen LogP contribution in [0.3, 0.4) is 0 Å². The summed E-state index contributed by atoms with van der Waals surface area (Å²) >= 11 is 0. The second-order valence-corrected chi connectivity index (χ2v) is 0.224. The summed E-state index contributed by atoms with van der Waals surface area (Å²) in [5, 5.41) is 7.32. The normalized spacial score (nSPS) is 1.60. The van der Waals surface area contributed by atoms with E-state index in [1.54, 1.807) is 6.07 Å². The molecule has 0 radical (unpaired) electrons. The molecule has 0 atom stereocenters. The molecule has 0 amide bonds. The number of hydrogen-bond acceptors (Lipinski definition) is 1. The topological polar surface area (TPSA) is 57.3 Å². The van der Waals surface area contributed by atoms with Gasteiger partial charge in [-0.2, -0.15) is 5.26 Å². The van der Waals surface area contributed by atoms with Crippen LogP contribution in [-0.4, -0.2) is 0 Å². The van der Waals surface area contributed by atoms with Crippen LogP contribution in [0.2, 0.25) is 0 Å². The van der Waals surface area contributed by atoms with E-state index in [2.05, 4.69) is 0 Å². The summed E-state index contributed by atoms with van der Waals surface area (Å²) in [5.41, 5.74) is 0. The summed E-state index contributed by atoms with van der Waals surface area (Å²) in [4.78, 5) is 0. The minimum absolute atomic E-state index is 0. The smallest absolute Gasteiger partial charge is 0.693 e. The van der Waals surface area contributed by atoms with Crippen LogP contribution in [-0.2, 0) is 0 Å². The maximum Gasteiger partial charge on any atom is 1.00 e. The molecule has 0 saturated carbocycles. The van der Waals surface area contributed by atoms with Crippen molar-refractivity contribution in [1.82, 2.24) is 0 Å². The zero-order chi connectivity index (χ0) is 2.71. The summed E-state index contributed by atoms with van der Waals surface area (Å²) in [6.45, 7) is 1.43. The molecule has 0 aliphatic heterocycles. The molecule has 0 heterocycles. The first kappa shape index (κ1) is 18.0. The Morgan fingerprint density at radius 3 is 1.60 bits per heavy atom. The van der Waals surface area contributed by atoms with E-state index in [9.17, 15) is 0 Å². The van der Waals surface area contributed by atoms with Gasteiger partial charge in [0.2, 0.25) is 0 Å². The number of nitriles is 1. The van der Waals surface area contributed by atoms with Crippen LogP contribution in [0, 0.1) is 11.3 Å². The van der Waals surface area contributed by atoms with Gasteiger partial charge >= 0.3 is 29.6 Å². The van der Waals surface area contributed by atoms with Gasteiger partial charge in [0.15, 0.2) is 0 Å². The summed E-state index contributed by atoms with van der Waals surface area (Å²) in [6, 6.07) is 1.75. The fourth-order valence-corrected chi connectivity index (χ4v) is 0. The van der Waals surface area contributed by atoms with Crippen molar-refractivity contribution in [3.8, 4) is 6.07 Å². The van der Waals surface area contributed by atoms with E-state index in [4.69, 9.17) is 5.26 Å². The van der Waals surface area contributed by atoms with Crippen LogP contribution < -0.4 is 29.6 Å². The van der Waals surface area contributed by atoms with Crippen molar-refractivity contribution < 1.29 is 29.6 Å². The van der Waals surface area contributed by atoms with E-state index in [0.717, 1.165) is 0 Å². The minimum Gasteiger partial charge on any atom is -0.693 e. The summed E-state index contributed by atoms with van der Waals surface area (Å²) in [7, 11) is 0. The zero-order valence-corrected chi connectivity index (χ0v) is 5.52. The van der Waals surface area contributed by atoms with E-state index in [-0.39, 0.29) is 35.7 Å². The Labute approximate surface area is 54.0 Å². The van der Waals surface area contributed by atoms with E-state index in [1.807, 2.05) is 0 Å². The third kappa shape index (κ3) is 132. The molecule has 2 N–H and O–H groups in total. The molecule has 0 bridgehead atoms. The molecular formula is C2H5N2Na. The second kappa shape index (κ2) is 25.2. The van der Waals surface area contributed by atoms with E-state index in [0.29, 0.717) is 0 Å². The van der Waals surface area contributed by atoms with E-state index in [1.165, 1.54) is 6.92 Å². The first-order chi connectivity index (χ1) is 1.41. The molecule has 3 heteroatoms. The molecule has 0 aromatic heterocycles. The fourth-order valence-electron chi connectivity index (χ4n) is 0. The maximum absolute atomic E-state index is 7.32. The first-order valence-electron chi connectivity index (χ1n) is 0.724. The number of nitrogens with two attached hydrogens (primary N) is 1. The SMILES string of the molecule is CC#N.[NH2-].[Na+]. The van der Waals surface area contributed by atoms with Crippen LogP contribution in [0.25, 0.3) is 6.15 Å². The number of rotatable bonds is 0. The number of nitrogens with zero attached hydrogens (tertiary/aromatic N) is 1. The van der Waals surface area contributed by atoms with Crippen LogP contribution in [0.4, 0.5) is 0 Å². The van der Waals surface area contributed by atoms with Gasteiger partial charge in [-0.15, -0.1) is 0 Å². The minimum atomic E-state index is 0. The van der Waals surface area contributed by atoms with Crippen molar-refractivity contribution in [1.29, 1.82) is 5.26 Å². The molecule has 0 fully saturated rings. The largest absolute Gasteiger partial charge is 1.00 e. The van der Waals surface area contributed by atoms with Crippen molar-refractivity contribution in [2.45, 2.75) is 6.92 Å². The van der Waals surface area contributed by atoms with Gasteiger partial charge in [-0.1, -0.05) is 0 Å². The van der Waals surface area contributed by atoms with Gasteiger partial charge < -0.3 is 6.15 Å². The average Bonchev–Trinajstić information content (AvgIpc) is 0.918. The van der Waals surface area contributed by atoms with Crippen molar-refractivity contribution >= 4 is 0 Å². The zero-order valence-electron chi connectivity index (χ0n) is 3.52. The Morgan fingerprint density at radius 2 is 1.60 bits per heavy atom. The molecule has 24 valence electrons. The third-order valence-corrected chi connectivity index (χ3v) is 0. The van der Waals surface area contributed by atoms with Crippen LogP contribution in [0.15, 0.2) is 0 Å². The van der Waals surface area contributed by atoms with Gasteiger partial charge in [0.05, 0.1) is 6.07 Å². The Balaban J connectivity index is -0.0000000200. The van der Waals surface area contributed by atoms with Gasteiger partial charge in [0.25, 0.3) is 0 Å². The molecule has 2 nitrogen and oxygen atoms in total. The molecule has 5 heavy (non-hydrogen) atoms. The van der Waals surface area contributed by atoms with Crippen LogP contribution in [0.1, 0.15) is 6.92 Å². The number of hydrogen-bond donors (Lipinski definition) is 0. The predicted octanol–water partition coefficient (Wildman–Crippen LogP) is -1.75. The summed E-state index contributed by atoms with van der Waals surface area (Å²) in [5.74, 6) is 0. The van der Waals surface area contributed by atoms with Gasteiger partial charge in [-0.3, -0.25) is 0 Å². The van der Waals surface area contributed by atoms with Crippen molar-refractivity contribution in [3.05, 3.63) is 6.15 Å². The molecule has 0 aromatic rings. The van der Waals surface area contributed by atoms with Gasteiger partial charge in [0, 0.05) is 6.92 Å². The fraction of sp³-hybridized carbons (Fsp3) is 0.500. The monoisotopic (exact) mass is 80.0 g/mol.